The Balaban J connectivity index is 1.00. The maximum Gasteiger partial charge on any atom is 0.278 e. The molecular formula is C32H29ClFN9O3. The molecule has 0 radical (unpaired) electrons. The number of aromatic nitrogens is 7. The topological polar surface area (TPSA) is 140 Å². The first-order chi connectivity index (χ1) is 22.4. The predicted octanol–water partition coefficient (Wildman–Crippen LogP) is 5.09. The summed E-state index contributed by atoms with van der Waals surface area (Å²) in [5.74, 6) is 1.07. The van der Waals surface area contributed by atoms with Crippen LogP contribution >= 0.6 is 11.6 Å². The lowest BCUT2D eigenvalue weighted by Crippen LogP contribution is -2.35. The summed E-state index contributed by atoms with van der Waals surface area (Å²) in [4.78, 5) is 11.5. The number of aromatic amines is 1. The van der Waals surface area contributed by atoms with Crippen LogP contribution in [0.2, 0.25) is 5.02 Å². The van der Waals surface area contributed by atoms with Crippen molar-refractivity contribution in [3.8, 4) is 29.1 Å². The molecule has 8 rings (SSSR count). The number of rotatable bonds is 7. The Morgan fingerprint density at radius 2 is 1.96 bits per heavy atom. The lowest BCUT2D eigenvalue weighted by molar-refractivity contribution is -0.0712. The summed E-state index contributed by atoms with van der Waals surface area (Å²) in [6.07, 6.45) is 2.93. The third kappa shape index (κ3) is 5.12. The highest BCUT2D eigenvalue weighted by molar-refractivity contribution is 6.30. The Morgan fingerprint density at radius 3 is 2.70 bits per heavy atom. The number of halogens is 2. The first-order valence-electron chi connectivity index (χ1n) is 15.2. The van der Waals surface area contributed by atoms with Crippen molar-refractivity contribution < 1.29 is 18.6 Å². The quantitative estimate of drug-likeness (QED) is 0.256. The van der Waals surface area contributed by atoms with E-state index in [2.05, 4.69) is 40.9 Å². The molecule has 0 amide bonds. The Hall–Kier alpha value is -4.64. The summed E-state index contributed by atoms with van der Waals surface area (Å²) < 4.78 is 35.3. The molecule has 2 fully saturated rings. The van der Waals surface area contributed by atoms with Crippen LogP contribution in [-0.4, -0.2) is 65.6 Å². The van der Waals surface area contributed by atoms with Crippen molar-refractivity contribution in [2.45, 2.75) is 57.1 Å². The first kappa shape index (κ1) is 28.8. The third-order valence-electron chi connectivity index (χ3n) is 9.00. The van der Waals surface area contributed by atoms with Gasteiger partial charge in [0.25, 0.3) is 11.6 Å². The predicted molar refractivity (Wildman–Crippen MR) is 163 cm³/mol. The number of imidazole rings is 1. The van der Waals surface area contributed by atoms with Gasteiger partial charge in [-0.15, -0.1) is 15.3 Å². The second kappa shape index (κ2) is 11.3. The first-order valence-corrected chi connectivity index (χ1v) is 15.6. The summed E-state index contributed by atoms with van der Waals surface area (Å²) in [6, 6.07) is 14.2. The van der Waals surface area contributed by atoms with Gasteiger partial charge in [0.2, 0.25) is 0 Å². The maximum atomic E-state index is 14.9. The zero-order valence-corrected chi connectivity index (χ0v) is 25.7. The van der Waals surface area contributed by atoms with Crippen LogP contribution in [0, 0.1) is 17.1 Å². The van der Waals surface area contributed by atoms with E-state index in [1.807, 2.05) is 24.3 Å². The van der Waals surface area contributed by atoms with Gasteiger partial charge in [-0.2, -0.15) is 10.2 Å². The summed E-state index contributed by atoms with van der Waals surface area (Å²) in [7, 11) is 0. The number of nitriles is 1. The van der Waals surface area contributed by atoms with Crippen molar-refractivity contribution in [2.75, 3.05) is 19.7 Å². The van der Waals surface area contributed by atoms with Crippen molar-refractivity contribution in [3.63, 3.8) is 0 Å². The molecule has 14 heteroatoms. The second-order valence-electron chi connectivity index (χ2n) is 12.0. The van der Waals surface area contributed by atoms with Crippen molar-refractivity contribution in [1.82, 2.24) is 39.8 Å². The fraction of sp³-hybridized carbons (Fsp3) is 0.375. The van der Waals surface area contributed by atoms with E-state index in [-0.39, 0.29) is 17.8 Å². The molecule has 234 valence electrons. The molecule has 3 aliphatic heterocycles. The number of nitrogens with one attached hydrogen (secondary N) is 1. The molecule has 2 saturated heterocycles. The summed E-state index contributed by atoms with van der Waals surface area (Å²) in [6.45, 7) is 5.49. The fourth-order valence-corrected chi connectivity index (χ4v) is 6.66. The molecule has 1 N–H and O–H groups in total. The number of H-pyrrole nitrogens is 1. The summed E-state index contributed by atoms with van der Waals surface area (Å²) in [5.41, 5.74) is 3.21. The number of nitrogens with zero attached hydrogens (tertiary/aromatic N) is 8. The fourth-order valence-electron chi connectivity index (χ4n) is 6.50. The maximum absolute atomic E-state index is 14.9. The van der Waals surface area contributed by atoms with Gasteiger partial charge in [0.1, 0.15) is 28.9 Å². The average molecular weight is 642 g/mol. The number of hydrogen-bond acceptors (Lipinski definition) is 10. The smallest absolute Gasteiger partial charge is 0.278 e. The largest absolute Gasteiger partial charge is 0.444 e. The lowest BCUT2D eigenvalue weighted by Gasteiger charge is -2.33. The molecule has 0 aliphatic carbocycles. The van der Waals surface area contributed by atoms with Gasteiger partial charge in [-0.25, -0.2) is 9.37 Å². The molecule has 0 spiro atoms. The lowest BCUT2D eigenvalue weighted by atomic mass is 9.88. The average Bonchev–Trinajstić information content (AvgIpc) is 3.74. The number of ether oxygens (including phenoxy) is 3. The minimum Gasteiger partial charge on any atom is -0.444 e. The van der Waals surface area contributed by atoms with Crippen LogP contribution in [0.25, 0.3) is 22.7 Å². The van der Waals surface area contributed by atoms with Crippen LogP contribution in [-0.2, 0) is 23.6 Å². The molecule has 6 heterocycles. The summed E-state index contributed by atoms with van der Waals surface area (Å²) >= 11 is 5.99. The monoisotopic (exact) mass is 641 g/mol. The zero-order chi connectivity index (χ0) is 31.4. The van der Waals surface area contributed by atoms with Crippen molar-refractivity contribution in [3.05, 3.63) is 76.1 Å². The Bertz CT molecular complexity index is 2000. The van der Waals surface area contributed by atoms with Crippen LogP contribution in [0.3, 0.4) is 0 Å². The number of benzene rings is 2. The van der Waals surface area contributed by atoms with E-state index in [9.17, 15) is 4.39 Å². The highest BCUT2D eigenvalue weighted by Crippen LogP contribution is 2.50. The highest BCUT2D eigenvalue weighted by atomic mass is 35.5. The standard InChI is InChI=1S/C32H29ClFN9O3/c1-32(22-6-5-19(33)13-23(22)34)45-26-4-2-3-21(29(26)46-32)18-7-10-42(11-8-18)17-28-36-25-14-24(30-37-27(15-35)39-40-30)38-41-31(25)43(28)16-20-9-12-44-20/h2-6,13-14,18,20H,7-12,16-17H2,1H3,(H,37,39,40). The van der Waals surface area contributed by atoms with Crippen LogP contribution < -0.4 is 9.47 Å². The van der Waals surface area contributed by atoms with Gasteiger partial charge in [-0.1, -0.05) is 23.7 Å². The molecule has 2 unspecified atom stereocenters. The van der Waals surface area contributed by atoms with Crippen molar-refractivity contribution >= 4 is 22.8 Å². The summed E-state index contributed by atoms with van der Waals surface area (Å²) in [5, 5.41) is 24.9. The Kier molecular flexibility index (Phi) is 7.08. The van der Waals surface area contributed by atoms with Gasteiger partial charge in [-0.3, -0.25) is 10.00 Å². The van der Waals surface area contributed by atoms with Gasteiger partial charge in [0.15, 0.2) is 23.0 Å². The molecular weight excluding hydrogens is 613 g/mol. The van der Waals surface area contributed by atoms with E-state index in [0.29, 0.717) is 57.9 Å². The molecule has 0 bridgehead atoms. The Morgan fingerprint density at radius 1 is 1.11 bits per heavy atom. The van der Waals surface area contributed by atoms with Crippen molar-refractivity contribution in [1.29, 1.82) is 5.26 Å². The minimum atomic E-state index is -1.29. The normalized spacial score (nSPS) is 21.4. The van der Waals surface area contributed by atoms with Crippen LogP contribution in [0.4, 0.5) is 4.39 Å². The van der Waals surface area contributed by atoms with Crippen LogP contribution in [0.1, 0.15) is 54.9 Å². The van der Waals surface area contributed by atoms with E-state index in [1.165, 1.54) is 6.07 Å². The molecule has 46 heavy (non-hydrogen) atoms. The number of likely N-dealkylation sites (tertiary alicyclic amines) is 1. The molecule has 2 atom stereocenters. The zero-order valence-electron chi connectivity index (χ0n) is 24.9. The SMILES string of the molecule is CC1(c2ccc(Cl)cc2F)Oc2cccc(C3CCN(Cc4nc5cc(-c6nc(C#N)n[nH]6)nnc5n4CC4CCO4)CC3)c2O1. The van der Waals surface area contributed by atoms with Gasteiger partial charge in [0, 0.05) is 24.1 Å². The van der Waals surface area contributed by atoms with Gasteiger partial charge < -0.3 is 18.8 Å². The number of fused-ring (bicyclic) bond motifs is 2. The van der Waals surface area contributed by atoms with E-state index in [0.717, 1.165) is 50.3 Å². The molecule has 12 nitrogen and oxygen atoms in total. The van der Waals surface area contributed by atoms with Gasteiger partial charge in [0.05, 0.1) is 24.8 Å². The molecule has 2 aromatic carbocycles. The van der Waals surface area contributed by atoms with Crippen LogP contribution in [0.5, 0.6) is 11.5 Å². The number of hydrogen-bond donors (Lipinski definition) is 1. The minimum absolute atomic E-state index is 0.0395. The van der Waals surface area contributed by atoms with Gasteiger partial charge >= 0.3 is 0 Å². The number of piperidine rings is 1. The third-order valence-corrected chi connectivity index (χ3v) is 9.24. The van der Waals surface area contributed by atoms with Crippen molar-refractivity contribution in [2.24, 2.45) is 0 Å². The van der Waals surface area contributed by atoms with Gasteiger partial charge in [-0.05, 0) is 68.6 Å². The van der Waals surface area contributed by atoms with Crippen LogP contribution in [0.15, 0.2) is 42.5 Å². The Labute approximate surface area is 268 Å². The molecule has 5 aromatic rings. The molecule has 0 saturated carbocycles. The molecule has 3 aromatic heterocycles. The van der Waals surface area contributed by atoms with E-state index >= 15 is 0 Å². The van der Waals surface area contributed by atoms with E-state index in [1.54, 1.807) is 19.1 Å². The highest BCUT2D eigenvalue weighted by Gasteiger charge is 2.43. The molecule has 3 aliphatic rings. The van der Waals surface area contributed by atoms with E-state index in [4.69, 9.17) is 36.1 Å². The number of para-hydroxylation sites is 1. The second-order valence-corrected chi connectivity index (χ2v) is 12.4. The van der Waals surface area contributed by atoms with E-state index < -0.39 is 11.6 Å².